The molecular formula is C10H13N5. The van der Waals surface area contributed by atoms with Gasteiger partial charge in [-0.3, -0.25) is 0 Å². The Morgan fingerprint density at radius 3 is 2.53 bits per heavy atom. The van der Waals surface area contributed by atoms with E-state index in [4.69, 9.17) is 5.73 Å². The summed E-state index contributed by atoms with van der Waals surface area (Å²) in [5.41, 5.74) is 7.42. The molecule has 0 aromatic carbocycles. The van der Waals surface area contributed by atoms with Crippen LogP contribution in [0.5, 0.6) is 0 Å². The highest BCUT2D eigenvalue weighted by molar-refractivity contribution is 5.47. The van der Waals surface area contributed by atoms with Gasteiger partial charge in [-0.15, -0.1) is 0 Å². The Labute approximate surface area is 88.0 Å². The molecule has 0 aliphatic carbocycles. The van der Waals surface area contributed by atoms with E-state index < -0.39 is 0 Å². The van der Waals surface area contributed by atoms with E-state index in [2.05, 4.69) is 15.0 Å². The summed E-state index contributed by atoms with van der Waals surface area (Å²) in [6.07, 6.45) is 7.90. The Hall–Kier alpha value is -1.75. The standard InChI is InChI=1S/C10H13N5/c1-15-7-12-6-9(15)10-13-4-8(2-3-11)5-14-10/h4-7H,2-3,11H2,1H3. The van der Waals surface area contributed by atoms with Crippen molar-refractivity contribution < 1.29 is 0 Å². The van der Waals surface area contributed by atoms with E-state index in [0.717, 1.165) is 17.7 Å². The second-order valence-electron chi connectivity index (χ2n) is 3.34. The Morgan fingerprint density at radius 1 is 1.27 bits per heavy atom. The molecule has 5 heteroatoms. The van der Waals surface area contributed by atoms with Gasteiger partial charge in [0.2, 0.25) is 0 Å². The second kappa shape index (κ2) is 4.18. The number of aromatic nitrogens is 4. The third-order valence-electron chi connectivity index (χ3n) is 2.18. The van der Waals surface area contributed by atoms with Gasteiger partial charge in [0, 0.05) is 19.4 Å². The van der Waals surface area contributed by atoms with E-state index in [1.54, 1.807) is 12.5 Å². The van der Waals surface area contributed by atoms with E-state index in [1.165, 1.54) is 0 Å². The number of imidazole rings is 1. The van der Waals surface area contributed by atoms with Crippen molar-refractivity contribution in [3.63, 3.8) is 0 Å². The molecule has 0 aliphatic rings. The zero-order valence-electron chi connectivity index (χ0n) is 8.59. The molecule has 2 aromatic heterocycles. The zero-order valence-corrected chi connectivity index (χ0v) is 8.59. The Balaban J connectivity index is 2.28. The molecular weight excluding hydrogens is 190 g/mol. The monoisotopic (exact) mass is 203 g/mol. The van der Waals surface area contributed by atoms with Crippen LogP contribution in [0.1, 0.15) is 5.56 Å². The van der Waals surface area contributed by atoms with Crippen LogP contribution in [-0.4, -0.2) is 26.1 Å². The molecule has 0 saturated carbocycles. The minimum Gasteiger partial charge on any atom is -0.331 e. The van der Waals surface area contributed by atoms with Gasteiger partial charge in [-0.1, -0.05) is 0 Å². The van der Waals surface area contributed by atoms with Gasteiger partial charge in [0.25, 0.3) is 0 Å². The molecule has 0 fully saturated rings. The Bertz CT molecular complexity index is 431. The summed E-state index contributed by atoms with van der Waals surface area (Å²) in [5, 5.41) is 0. The fourth-order valence-corrected chi connectivity index (χ4v) is 1.36. The van der Waals surface area contributed by atoms with Crippen LogP contribution in [0, 0.1) is 0 Å². The molecule has 15 heavy (non-hydrogen) atoms. The van der Waals surface area contributed by atoms with Gasteiger partial charge in [-0.25, -0.2) is 15.0 Å². The fourth-order valence-electron chi connectivity index (χ4n) is 1.36. The number of rotatable bonds is 3. The quantitative estimate of drug-likeness (QED) is 0.782. The van der Waals surface area contributed by atoms with Gasteiger partial charge < -0.3 is 10.3 Å². The zero-order chi connectivity index (χ0) is 10.7. The van der Waals surface area contributed by atoms with Crippen molar-refractivity contribution in [1.29, 1.82) is 0 Å². The van der Waals surface area contributed by atoms with Crippen molar-refractivity contribution >= 4 is 0 Å². The summed E-state index contributed by atoms with van der Waals surface area (Å²) in [4.78, 5) is 12.6. The molecule has 0 radical (unpaired) electrons. The predicted octanol–water partition coefficient (Wildman–Crippen LogP) is 0.378. The van der Waals surface area contributed by atoms with E-state index in [9.17, 15) is 0 Å². The van der Waals surface area contributed by atoms with Gasteiger partial charge in [-0.2, -0.15) is 0 Å². The number of nitrogens with zero attached hydrogens (tertiary/aromatic N) is 4. The number of aryl methyl sites for hydroxylation is 1. The lowest BCUT2D eigenvalue weighted by atomic mass is 10.2. The molecule has 78 valence electrons. The van der Waals surface area contributed by atoms with Crippen molar-refractivity contribution in [3.8, 4) is 11.5 Å². The minimum absolute atomic E-state index is 0.619. The van der Waals surface area contributed by atoms with Crippen LogP contribution in [0.4, 0.5) is 0 Å². The highest BCUT2D eigenvalue weighted by Crippen LogP contribution is 2.12. The summed E-state index contributed by atoms with van der Waals surface area (Å²) in [7, 11) is 1.92. The number of hydrogen-bond acceptors (Lipinski definition) is 4. The van der Waals surface area contributed by atoms with Crippen LogP contribution in [-0.2, 0) is 13.5 Å². The molecule has 0 unspecified atom stereocenters. The van der Waals surface area contributed by atoms with Crippen LogP contribution in [0.25, 0.3) is 11.5 Å². The average molecular weight is 203 g/mol. The van der Waals surface area contributed by atoms with Gasteiger partial charge >= 0.3 is 0 Å². The maximum atomic E-state index is 5.45. The second-order valence-corrected chi connectivity index (χ2v) is 3.34. The number of nitrogens with two attached hydrogens (primary N) is 1. The van der Waals surface area contributed by atoms with Crippen LogP contribution in [0.3, 0.4) is 0 Å². The van der Waals surface area contributed by atoms with Crippen molar-refractivity contribution in [3.05, 3.63) is 30.5 Å². The Morgan fingerprint density at radius 2 is 2.00 bits per heavy atom. The van der Waals surface area contributed by atoms with Crippen LogP contribution >= 0.6 is 0 Å². The minimum atomic E-state index is 0.619. The molecule has 2 heterocycles. The number of hydrogen-bond donors (Lipinski definition) is 1. The maximum Gasteiger partial charge on any atom is 0.177 e. The molecule has 5 nitrogen and oxygen atoms in total. The summed E-state index contributed by atoms with van der Waals surface area (Å²) >= 11 is 0. The van der Waals surface area contributed by atoms with Crippen molar-refractivity contribution in [2.75, 3.05) is 6.54 Å². The first-order valence-electron chi connectivity index (χ1n) is 4.79. The third-order valence-corrected chi connectivity index (χ3v) is 2.18. The molecule has 0 aliphatic heterocycles. The van der Waals surface area contributed by atoms with Crippen molar-refractivity contribution in [2.24, 2.45) is 12.8 Å². The molecule has 2 N–H and O–H groups in total. The first kappa shape index (κ1) is 9.79. The largest absolute Gasteiger partial charge is 0.331 e. The molecule has 0 atom stereocenters. The van der Waals surface area contributed by atoms with Crippen LogP contribution < -0.4 is 5.73 Å². The van der Waals surface area contributed by atoms with E-state index in [0.29, 0.717) is 12.4 Å². The fraction of sp³-hybridized carbons (Fsp3) is 0.300. The lowest BCUT2D eigenvalue weighted by Gasteiger charge is -2.01. The predicted molar refractivity (Wildman–Crippen MR) is 57.0 cm³/mol. The molecule has 0 bridgehead atoms. The molecule has 2 aromatic rings. The molecule has 2 rings (SSSR count). The van der Waals surface area contributed by atoms with Crippen molar-refractivity contribution in [1.82, 2.24) is 19.5 Å². The topological polar surface area (TPSA) is 69.6 Å². The summed E-state index contributed by atoms with van der Waals surface area (Å²) in [5.74, 6) is 0.691. The van der Waals surface area contributed by atoms with E-state index >= 15 is 0 Å². The maximum absolute atomic E-state index is 5.45. The van der Waals surface area contributed by atoms with E-state index in [1.807, 2.05) is 24.0 Å². The Kier molecular flexibility index (Phi) is 2.73. The average Bonchev–Trinajstić information content (AvgIpc) is 2.66. The lowest BCUT2D eigenvalue weighted by Crippen LogP contribution is -2.04. The van der Waals surface area contributed by atoms with Gasteiger partial charge in [-0.05, 0) is 18.5 Å². The summed E-state index contributed by atoms with van der Waals surface area (Å²) in [6, 6.07) is 0. The summed E-state index contributed by atoms with van der Waals surface area (Å²) in [6.45, 7) is 0.619. The first-order chi connectivity index (χ1) is 7.31. The highest BCUT2D eigenvalue weighted by atomic mass is 15.1. The smallest absolute Gasteiger partial charge is 0.177 e. The molecule has 0 saturated heterocycles. The third kappa shape index (κ3) is 2.02. The SMILES string of the molecule is Cn1cncc1-c1ncc(CCN)cn1. The van der Waals surface area contributed by atoms with Gasteiger partial charge in [0.05, 0.1) is 12.5 Å². The highest BCUT2D eigenvalue weighted by Gasteiger charge is 2.04. The first-order valence-corrected chi connectivity index (χ1v) is 4.79. The van der Waals surface area contributed by atoms with Crippen LogP contribution in [0.2, 0.25) is 0 Å². The normalized spacial score (nSPS) is 10.5. The van der Waals surface area contributed by atoms with Crippen molar-refractivity contribution in [2.45, 2.75) is 6.42 Å². The summed E-state index contributed by atoms with van der Waals surface area (Å²) < 4.78 is 1.89. The molecule has 0 amide bonds. The van der Waals surface area contributed by atoms with Gasteiger partial charge in [0.1, 0.15) is 5.69 Å². The van der Waals surface area contributed by atoms with Crippen LogP contribution in [0.15, 0.2) is 24.9 Å². The molecule has 0 spiro atoms. The lowest BCUT2D eigenvalue weighted by molar-refractivity contribution is 0.899. The van der Waals surface area contributed by atoms with E-state index in [-0.39, 0.29) is 0 Å². The van der Waals surface area contributed by atoms with Gasteiger partial charge in [0.15, 0.2) is 5.82 Å².